The highest BCUT2D eigenvalue weighted by molar-refractivity contribution is 9.11. The van der Waals surface area contributed by atoms with Gasteiger partial charge in [0.15, 0.2) is 5.92 Å². The predicted molar refractivity (Wildman–Crippen MR) is 59.3 cm³/mol. The molecule has 1 aromatic rings. The van der Waals surface area contributed by atoms with Crippen molar-refractivity contribution < 1.29 is 26.3 Å². The van der Waals surface area contributed by atoms with Crippen LogP contribution in [0, 0.1) is 12.8 Å². The van der Waals surface area contributed by atoms with E-state index in [0.29, 0.717) is 9.35 Å². The van der Waals surface area contributed by atoms with Crippen molar-refractivity contribution >= 4 is 27.3 Å². The summed E-state index contributed by atoms with van der Waals surface area (Å²) in [6, 6.07) is -0.927. The van der Waals surface area contributed by atoms with Gasteiger partial charge in [-0.2, -0.15) is 26.3 Å². The first-order valence-electron chi connectivity index (χ1n) is 4.59. The molecule has 1 rings (SSSR count). The average molecular weight is 356 g/mol. The molecule has 104 valence electrons. The molecule has 1 aromatic heterocycles. The number of thiophene rings is 1. The van der Waals surface area contributed by atoms with Gasteiger partial charge in [0.05, 0.1) is 9.83 Å². The molecular formula is C9H8BrF6NS. The van der Waals surface area contributed by atoms with Crippen molar-refractivity contribution in [1.29, 1.82) is 0 Å². The number of hydrogen-bond donors (Lipinski definition) is 1. The van der Waals surface area contributed by atoms with Gasteiger partial charge in [-0.25, -0.2) is 0 Å². The molecular weight excluding hydrogens is 348 g/mol. The SMILES string of the molecule is Cc1cc(C(N)C(C(F)(F)F)C(F)(F)F)sc1Br. The second kappa shape index (κ2) is 5.01. The number of nitrogens with two attached hydrogens (primary N) is 1. The molecule has 0 bridgehead atoms. The first kappa shape index (κ1) is 15.8. The quantitative estimate of drug-likeness (QED) is 0.773. The molecule has 0 fully saturated rings. The molecule has 1 nitrogen and oxygen atoms in total. The van der Waals surface area contributed by atoms with Crippen molar-refractivity contribution in [3.8, 4) is 0 Å². The summed E-state index contributed by atoms with van der Waals surface area (Å²) in [6.07, 6.45) is -10.9. The first-order chi connectivity index (χ1) is 7.94. The minimum atomic E-state index is -5.43. The molecule has 0 spiro atoms. The molecule has 0 aliphatic rings. The van der Waals surface area contributed by atoms with Crippen molar-refractivity contribution in [1.82, 2.24) is 0 Å². The lowest BCUT2D eigenvalue weighted by Crippen LogP contribution is -2.43. The molecule has 0 saturated heterocycles. The van der Waals surface area contributed by atoms with E-state index >= 15 is 0 Å². The number of aryl methyl sites for hydroxylation is 1. The Hall–Kier alpha value is -0.280. The summed E-state index contributed by atoms with van der Waals surface area (Å²) >= 11 is 3.81. The molecule has 0 aromatic carbocycles. The van der Waals surface area contributed by atoms with Crippen molar-refractivity contribution in [3.05, 3.63) is 20.3 Å². The lowest BCUT2D eigenvalue weighted by Gasteiger charge is -2.27. The molecule has 0 saturated carbocycles. The largest absolute Gasteiger partial charge is 0.402 e. The van der Waals surface area contributed by atoms with Crippen LogP contribution in [0.1, 0.15) is 16.5 Å². The fraction of sp³-hybridized carbons (Fsp3) is 0.556. The van der Waals surface area contributed by atoms with E-state index < -0.39 is 24.3 Å². The monoisotopic (exact) mass is 355 g/mol. The van der Waals surface area contributed by atoms with Crippen molar-refractivity contribution in [3.63, 3.8) is 0 Å². The summed E-state index contributed by atoms with van der Waals surface area (Å²) in [5.74, 6) is -3.56. The molecule has 0 aliphatic carbocycles. The Morgan fingerprint density at radius 2 is 1.61 bits per heavy atom. The molecule has 0 aliphatic heterocycles. The van der Waals surface area contributed by atoms with Gasteiger partial charge in [0.2, 0.25) is 0 Å². The maximum Gasteiger partial charge on any atom is 0.402 e. The summed E-state index contributed by atoms with van der Waals surface area (Å²) < 4.78 is 75.2. The van der Waals surface area contributed by atoms with Crippen LogP contribution in [0.4, 0.5) is 26.3 Å². The maximum atomic E-state index is 12.5. The van der Waals surface area contributed by atoms with Crippen LogP contribution < -0.4 is 5.73 Å². The van der Waals surface area contributed by atoms with Gasteiger partial charge in [-0.3, -0.25) is 0 Å². The summed E-state index contributed by atoms with van der Waals surface area (Å²) in [5, 5.41) is 0. The molecule has 9 heteroatoms. The van der Waals surface area contributed by atoms with Crippen molar-refractivity contribution in [2.45, 2.75) is 25.3 Å². The Morgan fingerprint density at radius 3 is 1.89 bits per heavy atom. The summed E-state index contributed by atoms with van der Waals surface area (Å²) in [4.78, 5) is -0.154. The van der Waals surface area contributed by atoms with E-state index in [0.717, 1.165) is 11.3 Å². The van der Waals surface area contributed by atoms with E-state index in [1.54, 1.807) is 6.92 Å². The van der Waals surface area contributed by atoms with Crippen LogP contribution in [-0.2, 0) is 0 Å². The fourth-order valence-electron chi connectivity index (χ4n) is 1.40. The zero-order chi connectivity index (χ0) is 14.3. The number of rotatable bonds is 2. The minimum Gasteiger partial charge on any atom is -0.322 e. The third-order valence-corrected chi connectivity index (χ3v) is 4.51. The average Bonchev–Trinajstić information content (AvgIpc) is 2.41. The Kier molecular flexibility index (Phi) is 4.39. The van der Waals surface area contributed by atoms with E-state index in [1.807, 2.05) is 0 Å². The maximum absolute atomic E-state index is 12.5. The highest BCUT2D eigenvalue weighted by atomic mass is 79.9. The lowest BCUT2D eigenvalue weighted by molar-refractivity contribution is -0.290. The van der Waals surface area contributed by atoms with Gasteiger partial charge in [0.1, 0.15) is 0 Å². The highest BCUT2D eigenvalue weighted by Crippen LogP contribution is 2.47. The number of alkyl halides is 6. The van der Waals surface area contributed by atoms with Gasteiger partial charge in [-0.05, 0) is 34.5 Å². The molecule has 0 radical (unpaired) electrons. The Morgan fingerprint density at radius 1 is 1.17 bits per heavy atom. The van der Waals surface area contributed by atoms with Crippen LogP contribution >= 0.6 is 27.3 Å². The molecule has 1 unspecified atom stereocenters. The Labute approximate surface area is 111 Å². The summed E-state index contributed by atoms with van der Waals surface area (Å²) in [7, 11) is 0. The van der Waals surface area contributed by atoms with E-state index in [4.69, 9.17) is 5.73 Å². The molecule has 18 heavy (non-hydrogen) atoms. The van der Waals surface area contributed by atoms with Crippen molar-refractivity contribution in [2.24, 2.45) is 11.7 Å². The topological polar surface area (TPSA) is 26.0 Å². The Balaban J connectivity index is 3.15. The van der Waals surface area contributed by atoms with Crippen LogP contribution in [0.15, 0.2) is 9.85 Å². The van der Waals surface area contributed by atoms with E-state index in [1.165, 1.54) is 6.07 Å². The van der Waals surface area contributed by atoms with Gasteiger partial charge in [-0.15, -0.1) is 11.3 Å². The highest BCUT2D eigenvalue weighted by Gasteiger charge is 2.60. The van der Waals surface area contributed by atoms with Crippen LogP contribution in [0.2, 0.25) is 0 Å². The molecule has 0 amide bonds. The second-order valence-corrected chi connectivity index (χ2v) is 6.09. The van der Waals surface area contributed by atoms with E-state index in [-0.39, 0.29) is 4.88 Å². The van der Waals surface area contributed by atoms with Crippen LogP contribution in [0.3, 0.4) is 0 Å². The third kappa shape index (κ3) is 3.39. The molecule has 1 atom stereocenters. The van der Waals surface area contributed by atoms with Gasteiger partial charge in [0, 0.05) is 4.88 Å². The number of halogens is 7. The lowest BCUT2D eigenvalue weighted by atomic mass is 9.97. The zero-order valence-electron chi connectivity index (χ0n) is 8.86. The van der Waals surface area contributed by atoms with E-state index in [9.17, 15) is 26.3 Å². The zero-order valence-corrected chi connectivity index (χ0v) is 11.3. The van der Waals surface area contributed by atoms with Gasteiger partial charge in [0.25, 0.3) is 0 Å². The Bertz CT molecular complexity index is 390. The van der Waals surface area contributed by atoms with Crippen molar-refractivity contribution in [2.75, 3.05) is 0 Å². The normalized spacial score (nSPS) is 15.2. The molecule has 2 N–H and O–H groups in total. The predicted octanol–water partition coefficient (Wildman–Crippen LogP) is 4.56. The van der Waals surface area contributed by atoms with Crippen LogP contribution in [0.5, 0.6) is 0 Å². The minimum absolute atomic E-state index is 0.154. The van der Waals surface area contributed by atoms with Crippen LogP contribution in [0.25, 0.3) is 0 Å². The van der Waals surface area contributed by atoms with Gasteiger partial charge < -0.3 is 5.73 Å². The molecule has 1 heterocycles. The summed E-state index contributed by atoms with van der Waals surface area (Å²) in [5.41, 5.74) is 5.69. The number of hydrogen-bond acceptors (Lipinski definition) is 2. The standard InChI is InChI=1S/C9H8BrF6NS/c1-3-2-4(18-7(3)10)5(17)6(8(11,12)13)9(14,15)16/h2,5-6H,17H2,1H3. The van der Waals surface area contributed by atoms with Gasteiger partial charge >= 0.3 is 12.4 Å². The smallest absolute Gasteiger partial charge is 0.322 e. The third-order valence-electron chi connectivity index (χ3n) is 2.27. The second-order valence-electron chi connectivity index (χ2n) is 3.69. The van der Waals surface area contributed by atoms with Gasteiger partial charge in [-0.1, -0.05) is 0 Å². The first-order valence-corrected chi connectivity index (χ1v) is 6.20. The van der Waals surface area contributed by atoms with E-state index in [2.05, 4.69) is 15.9 Å². The summed E-state index contributed by atoms with van der Waals surface area (Å²) in [6.45, 7) is 1.56. The fourth-order valence-corrected chi connectivity index (χ4v) is 3.01. The van der Waals surface area contributed by atoms with Crippen LogP contribution in [-0.4, -0.2) is 12.4 Å².